The Labute approximate surface area is 58.3 Å². The van der Waals surface area contributed by atoms with Gasteiger partial charge < -0.3 is 10.2 Å². The Balaban J connectivity index is 3.16. The molecule has 0 aromatic carbocycles. The zero-order valence-corrected chi connectivity index (χ0v) is 5.64. The highest BCUT2D eigenvalue weighted by atomic mass is 35.5. The summed E-state index contributed by atoms with van der Waals surface area (Å²) in [6.45, 7) is -0.158. The summed E-state index contributed by atoms with van der Waals surface area (Å²) in [5, 5.41) is 16.0. The summed E-state index contributed by atoms with van der Waals surface area (Å²) >= 11 is 5.40. The van der Waals surface area contributed by atoms with Crippen LogP contribution in [0.15, 0.2) is 0 Å². The number of halogens is 1. The van der Waals surface area contributed by atoms with Crippen LogP contribution in [0.2, 0.25) is 0 Å². The summed E-state index contributed by atoms with van der Waals surface area (Å²) in [5.74, 6) is -0.880. The topological polar surface area (TPSA) is 57.5 Å². The van der Waals surface area contributed by atoms with Crippen LogP contribution in [0.3, 0.4) is 0 Å². The van der Waals surface area contributed by atoms with Gasteiger partial charge in [-0.1, -0.05) is 0 Å². The van der Waals surface area contributed by atoms with E-state index >= 15 is 0 Å². The lowest BCUT2D eigenvalue weighted by atomic mass is 10.2. The molecule has 0 aliphatic heterocycles. The number of hydrogen-bond acceptors (Lipinski definition) is 2. The molecule has 0 aliphatic rings. The Morgan fingerprint density at radius 2 is 2.22 bits per heavy atom. The first-order chi connectivity index (χ1) is 4.16. The largest absolute Gasteiger partial charge is 0.481 e. The fourth-order valence-corrected chi connectivity index (χ4v) is 0.480. The van der Waals surface area contributed by atoms with Crippen LogP contribution in [0, 0.1) is 0 Å². The molecular formula is C5H9ClO3. The molecule has 2 N–H and O–H groups in total. The zero-order chi connectivity index (χ0) is 7.28. The standard InChI is InChI=1S/C5H9ClO3/c6-4(3-7)1-2-5(8)9/h4,7H,1-3H2,(H,8,9). The molecule has 0 radical (unpaired) electrons. The lowest BCUT2D eigenvalue weighted by Crippen LogP contribution is -2.07. The molecular weight excluding hydrogens is 144 g/mol. The van der Waals surface area contributed by atoms with E-state index < -0.39 is 11.3 Å². The van der Waals surface area contributed by atoms with E-state index in [0.717, 1.165) is 0 Å². The van der Waals surface area contributed by atoms with Gasteiger partial charge >= 0.3 is 5.97 Å². The molecule has 0 bridgehead atoms. The normalized spacial score (nSPS) is 13.1. The maximum absolute atomic E-state index is 9.88. The molecule has 0 heterocycles. The smallest absolute Gasteiger partial charge is 0.303 e. The van der Waals surface area contributed by atoms with Crippen molar-refractivity contribution >= 4 is 17.6 Å². The molecule has 0 aliphatic carbocycles. The molecule has 0 aromatic heterocycles. The van der Waals surface area contributed by atoms with Gasteiger partial charge in [0.2, 0.25) is 0 Å². The van der Waals surface area contributed by atoms with Gasteiger partial charge in [0.15, 0.2) is 0 Å². The minimum absolute atomic E-state index is 0.0225. The molecule has 1 unspecified atom stereocenters. The number of rotatable bonds is 4. The molecule has 0 amide bonds. The van der Waals surface area contributed by atoms with Crippen molar-refractivity contribution in [2.24, 2.45) is 0 Å². The SMILES string of the molecule is O=C(O)CCC(Cl)CO. The number of aliphatic carboxylic acids is 1. The van der Waals surface area contributed by atoms with E-state index in [4.69, 9.17) is 21.8 Å². The number of carboxylic acid groups (broad SMARTS) is 1. The van der Waals surface area contributed by atoms with Gasteiger partial charge in [-0.3, -0.25) is 4.79 Å². The van der Waals surface area contributed by atoms with E-state index in [0.29, 0.717) is 6.42 Å². The number of alkyl halides is 1. The molecule has 0 fully saturated rings. The van der Waals surface area contributed by atoms with Crippen molar-refractivity contribution in [3.05, 3.63) is 0 Å². The zero-order valence-electron chi connectivity index (χ0n) is 4.88. The van der Waals surface area contributed by atoms with Gasteiger partial charge in [0.25, 0.3) is 0 Å². The lowest BCUT2D eigenvalue weighted by molar-refractivity contribution is -0.137. The van der Waals surface area contributed by atoms with Crippen molar-refractivity contribution in [1.82, 2.24) is 0 Å². The third-order valence-electron chi connectivity index (χ3n) is 0.870. The predicted octanol–water partition coefficient (Wildman–Crippen LogP) is 0.451. The summed E-state index contributed by atoms with van der Waals surface area (Å²) in [4.78, 5) is 9.88. The molecule has 0 saturated heterocycles. The summed E-state index contributed by atoms with van der Waals surface area (Å²) in [7, 11) is 0. The van der Waals surface area contributed by atoms with Crippen molar-refractivity contribution in [2.75, 3.05) is 6.61 Å². The van der Waals surface area contributed by atoms with Crippen LogP contribution < -0.4 is 0 Å². The minimum atomic E-state index is -0.880. The molecule has 9 heavy (non-hydrogen) atoms. The van der Waals surface area contributed by atoms with Crippen LogP contribution in [0.1, 0.15) is 12.8 Å². The van der Waals surface area contributed by atoms with Crippen LogP contribution in [-0.2, 0) is 4.79 Å². The van der Waals surface area contributed by atoms with Crippen LogP contribution in [0.4, 0.5) is 0 Å². The average Bonchev–Trinajstić information content (AvgIpc) is 1.83. The number of carbonyl (C=O) groups is 1. The Hall–Kier alpha value is -0.280. The highest BCUT2D eigenvalue weighted by Crippen LogP contribution is 2.03. The lowest BCUT2D eigenvalue weighted by Gasteiger charge is -2.00. The maximum atomic E-state index is 9.88. The van der Waals surface area contributed by atoms with Crippen LogP contribution in [0.5, 0.6) is 0 Å². The van der Waals surface area contributed by atoms with E-state index in [1.807, 2.05) is 0 Å². The first-order valence-corrected chi connectivity index (χ1v) is 3.07. The molecule has 1 atom stereocenters. The second kappa shape index (κ2) is 4.58. The molecule has 0 aromatic rings. The van der Waals surface area contributed by atoms with Gasteiger partial charge in [0.1, 0.15) is 0 Å². The number of carboxylic acids is 1. The van der Waals surface area contributed by atoms with Crippen molar-refractivity contribution in [3.63, 3.8) is 0 Å². The summed E-state index contributed by atoms with van der Waals surface area (Å²) in [5.41, 5.74) is 0. The van der Waals surface area contributed by atoms with E-state index in [2.05, 4.69) is 0 Å². The van der Waals surface area contributed by atoms with Crippen LogP contribution >= 0.6 is 11.6 Å². The Morgan fingerprint density at radius 1 is 1.67 bits per heavy atom. The Morgan fingerprint density at radius 3 is 2.56 bits per heavy atom. The van der Waals surface area contributed by atoms with Gasteiger partial charge in [0.05, 0.1) is 12.0 Å². The Bertz CT molecular complexity index is 94.2. The third-order valence-corrected chi connectivity index (χ3v) is 1.23. The second-order valence-corrected chi connectivity index (χ2v) is 2.33. The van der Waals surface area contributed by atoms with Gasteiger partial charge in [-0.15, -0.1) is 11.6 Å². The minimum Gasteiger partial charge on any atom is -0.481 e. The monoisotopic (exact) mass is 152 g/mol. The van der Waals surface area contributed by atoms with Gasteiger partial charge in [0, 0.05) is 6.42 Å². The molecule has 0 spiro atoms. The maximum Gasteiger partial charge on any atom is 0.303 e. The van der Waals surface area contributed by atoms with Crippen molar-refractivity contribution in [3.8, 4) is 0 Å². The van der Waals surface area contributed by atoms with Gasteiger partial charge in [-0.05, 0) is 6.42 Å². The van der Waals surface area contributed by atoms with Crippen LogP contribution in [-0.4, -0.2) is 28.2 Å². The first-order valence-electron chi connectivity index (χ1n) is 2.63. The number of aliphatic hydroxyl groups is 1. The number of hydrogen-bond donors (Lipinski definition) is 2. The molecule has 0 saturated carbocycles. The molecule has 54 valence electrons. The highest BCUT2D eigenvalue weighted by molar-refractivity contribution is 6.20. The summed E-state index contributed by atoms with van der Waals surface area (Å²) in [6.07, 6.45) is 0.349. The fraction of sp³-hybridized carbons (Fsp3) is 0.800. The summed E-state index contributed by atoms with van der Waals surface area (Å²) in [6, 6.07) is 0. The number of aliphatic hydroxyl groups excluding tert-OH is 1. The molecule has 4 heteroatoms. The Kier molecular flexibility index (Phi) is 4.44. The molecule has 0 rings (SSSR count). The van der Waals surface area contributed by atoms with Crippen LogP contribution in [0.25, 0.3) is 0 Å². The summed E-state index contributed by atoms with van der Waals surface area (Å²) < 4.78 is 0. The van der Waals surface area contributed by atoms with Crippen molar-refractivity contribution in [1.29, 1.82) is 0 Å². The van der Waals surface area contributed by atoms with Gasteiger partial charge in [-0.2, -0.15) is 0 Å². The van der Waals surface area contributed by atoms with E-state index in [1.54, 1.807) is 0 Å². The van der Waals surface area contributed by atoms with E-state index in [-0.39, 0.29) is 13.0 Å². The van der Waals surface area contributed by atoms with Gasteiger partial charge in [-0.25, -0.2) is 0 Å². The van der Waals surface area contributed by atoms with Crippen molar-refractivity contribution in [2.45, 2.75) is 18.2 Å². The van der Waals surface area contributed by atoms with E-state index in [9.17, 15) is 4.79 Å². The highest BCUT2D eigenvalue weighted by Gasteiger charge is 2.04. The second-order valence-electron chi connectivity index (χ2n) is 1.71. The van der Waals surface area contributed by atoms with Crippen molar-refractivity contribution < 1.29 is 15.0 Å². The van der Waals surface area contributed by atoms with E-state index in [1.165, 1.54) is 0 Å². The quantitative estimate of drug-likeness (QED) is 0.576. The third kappa shape index (κ3) is 5.59. The first kappa shape index (κ1) is 8.72. The fourth-order valence-electron chi connectivity index (χ4n) is 0.371. The molecule has 3 nitrogen and oxygen atoms in total. The predicted molar refractivity (Wildman–Crippen MR) is 33.6 cm³/mol. The average molecular weight is 153 g/mol.